The van der Waals surface area contributed by atoms with Crippen molar-refractivity contribution >= 4 is 11.9 Å². The molecule has 8 heteroatoms. The van der Waals surface area contributed by atoms with Crippen molar-refractivity contribution in [2.24, 2.45) is 10.7 Å². The summed E-state index contributed by atoms with van der Waals surface area (Å²) in [5.41, 5.74) is 7.81. The van der Waals surface area contributed by atoms with Crippen molar-refractivity contribution in [3.8, 4) is 22.6 Å². The molecule has 2 aliphatic heterocycles. The molecule has 8 nitrogen and oxygen atoms in total. The Morgan fingerprint density at radius 2 is 1.85 bits per heavy atom. The zero-order valence-electron chi connectivity index (χ0n) is 18.8. The monoisotopic (exact) mass is 443 g/mol. The first-order chi connectivity index (χ1) is 15.8. The summed E-state index contributed by atoms with van der Waals surface area (Å²) in [6.07, 6.45) is 5.91. The average Bonchev–Trinajstić information content (AvgIpc) is 3.03. The molecule has 2 atom stereocenters. The van der Waals surface area contributed by atoms with Gasteiger partial charge in [0.25, 0.3) is 5.91 Å². The summed E-state index contributed by atoms with van der Waals surface area (Å²) >= 11 is 0. The Morgan fingerprint density at radius 3 is 2.48 bits per heavy atom. The number of rotatable bonds is 4. The average molecular weight is 444 g/mol. The molecule has 0 radical (unpaired) electrons. The molecule has 2 aromatic carbocycles. The van der Waals surface area contributed by atoms with E-state index < -0.39 is 11.1 Å². The smallest absolute Gasteiger partial charge is 0.261 e. The Balaban J connectivity index is 1.60. The van der Waals surface area contributed by atoms with Crippen LogP contribution in [0.1, 0.15) is 24.5 Å². The van der Waals surface area contributed by atoms with Gasteiger partial charge in [0, 0.05) is 43.4 Å². The third kappa shape index (κ3) is 3.47. The minimum Gasteiger partial charge on any atom is -0.497 e. The second kappa shape index (κ2) is 7.58. The quantitative estimate of drug-likeness (QED) is 0.665. The molecule has 168 valence electrons. The summed E-state index contributed by atoms with van der Waals surface area (Å²) < 4.78 is 11.8. The van der Waals surface area contributed by atoms with E-state index in [0.717, 1.165) is 22.4 Å². The number of carbonyl (C=O) groups is 1. The van der Waals surface area contributed by atoms with Gasteiger partial charge < -0.3 is 15.2 Å². The molecule has 0 fully saturated rings. The van der Waals surface area contributed by atoms with Crippen LogP contribution in [0.2, 0.25) is 0 Å². The number of nitrogens with zero attached hydrogens (tertiary/aromatic N) is 4. The molecule has 3 aromatic rings. The van der Waals surface area contributed by atoms with E-state index in [1.807, 2.05) is 49.4 Å². The van der Waals surface area contributed by atoms with E-state index in [4.69, 9.17) is 20.2 Å². The van der Waals surface area contributed by atoms with Gasteiger partial charge in [0.15, 0.2) is 11.5 Å². The van der Waals surface area contributed by atoms with Crippen molar-refractivity contribution < 1.29 is 14.3 Å². The molecule has 1 aromatic heterocycles. The fourth-order valence-electron chi connectivity index (χ4n) is 4.77. The van der Waals surface area contributed by atoms with Gasteiger partial charge in [-0.25, -0.2) is 15.0 Å². The number of carbonyl (C=O) groups excluding carboxylic acids is 1. The fourth-order valence-corrected chi connectivity index (χ4v) is 4.77. The van der Waals surface area contributed by atoms with Crippen LogP contribution >= 0.6 is 0 Å². The summed E-state index contributed by atoms with van der Waals surface area (Å²) in [7, 11) is 3.29. The number of ether oxygens (including phenoxy) is 2. The number of nitrogens with two attached hydrogens (primary N) is 1. The molecular formula is C25H25N5O3. The Hall–Kier alpha value is -3.94. The van der Waals surface area contributed by atoms with Crippen molar-refractivity contribution in [2.45, 2.75) is 30.9 Å². The largest absolute Gasteiger partial charge is 0.497 e. The lowest BCUT2D eigenvalue weighted by Crippen LogP contribution is -2.51. The second-order valence-electron chi connectivity index (χ2n) is 8.79. The number of guanidine groups is 1. The minimum atomic E-state index is -1.15. The highest BCUT2D eigenvalue weighted by Gasteiger charge is 2.56. The lowest BCUT2D eigenvalue weighted by Gasteiger charge is -2.43. The Labute approximate surface area is 192 Å². The van der Waals surface area contributed by atoms with Crippen molar-refractivity contribution in [1.29, 1.82) is 0 Å². The third-order valence-corrected chi connectivity index (χ3v) is 6.35. The van der Waals surface area contributed by atoms with Gasteiger partial charge in [-0.05, 0) is 42.3 Å². The molecule has 0 saturated heterocycles. The predicted octanol–water partition coefficient (Wildman–Crippen LogP) is 2.92. The number of methoxy groups -OCH3 is 1. The van der Waals surface area contributed by atoms with Gasteiger partial charge in [-0.2, -0.15) is 0 Å². The lowest BCUT2D eigenvalue weighted by atomic mass is 9.74. The van der Waals surface area contributed by atoms with E-state index in [0.29, 0.717) is 24.2 Å². The molecule has 1 spiro atoms. The van der Waals surface area contributed by atoms with Crippen LogP contribution in [-0.4, -0.2) is 46.5 Å². The number of hydrogen-bond acceptors (Lipinski definition) is 7. The van der Waals surface area contributed by atoms with Crippen LogP contribution in [0.25, 0.3) is 11.1 Å². The van der Waals surface area contributed by atoms with Crippen LogP contribution in [0.4, 0.5) is 0 Å². The molecule has 0 unspecified atom stereocenters. The maximum absolute atomic E-state index is 13.6. The molecule has 1 amide bonds. The lowest BCUT2D eigenvalue weighted by molar-refractivity contribution is -0.133. The number of fused-ring (bicyclic) bond motifs is 2. The topological polar surface area (TPSA) is 103 Å². The summed E-state index contributed by atoms with van der Waals surface area (Å²) in [6, 6.07) is 13.6. The zero-order chi connectivity index (χ0) is 23.2. The molecule has 3 heterocycles. The molecule has 0 saturated carbocycles. The Kier molecular flexibility index (Phi) is 4.81. The van der Waals surface area contributed by atoms with Crippen LogP contribution in [0.3, 0.4) is 0 Å². The van der Waals surface area contributed by atoms with E-state index in [2.05, 4.69) is 9.97 Å². The van der Waals surface area contributed by atoms with Gasteiger partial charge in [0.1, 0.15) is 23.4 Å². The van der Waals surface area contributed by atoms with Crippen LogP contribution in [0, 0.1) is 0 Å². The summed E-state index contributed by atoms with van der Waals surface area (Å²) in [4.78, 5) is 27.9. The first kappa shape index (κ1) is 20.9. The normalized spacial score (nSPS) is 23.8. The number of aliphatic imine (C=N–C) groups is 1. The highest BCUT2D eigenvalue weighted by atomic mass is 16.5. The fraction of sp³-hybridized carbons (Fsp3) is 0.280. The van der Waals surface area contributed by atoms with Crippen LogP contribution in [-0.2, 0) is 16.8 Å². The number of aromatic nitrogens is 2. The maximum atomic E-state index is 13.6. The van der Waals surface area contributed by atoms with E-state index in [1.165, 1.54) is 11.2 Å². The molecule has 0 bridgehead atoms. The molecular weight excluding hydrogens is 418 g/mol. The molecule has 2 aliphatic rings. The number of amides is 1. The van der Waals surface area contributed by atoms with Crippen LogP contribution < -0.4 is 15.2 Å². The summed E-state index contributed by atoms with van der Waals surface area (Å²) in [5.74, 6) is 1.45. The summed E-state index contributed by atoms with van der Waals surface area (Å²) in [5, 5.41) is 0. The maximum Gasteiger partial charge on any atom is 0.261 e. The van der Waals surface area contributed by atoms with Crippen molar-refractivity contribution in [3.05, 3.63) is 72.3 Å². The Morgan fingerprint density at radius 1 is 1.12 bits per heavy atom. The van der Waals surface area contributed by atoms with Gasteiger partial charge in [-0.1, -0.05) is 18.2 Å². The molecule has 0 aliphatic carbocycles. The standard InChI is InChI=1S/C25H25N5O3/c1-24(11-16-4-7-19(32-3)8-5-16)14-25(22(31)30(2)23(26)29-25)20-10-17(6-9-21(20)33-24)18-12-27-15-28-13-18/h4-10,12-13,15H,11,14H2,1-3H3,(H2,26,29)/t24-,25-/m1/s1. The highest BCUT2D eigenvalue weighted by Crippen LogP contribution is 2.50. The van der Waals surface area contributed by atoms with Gasteiger partial charge >= 0.3 is 0 Å². The third-order valence-electron chi connectivity index (χ3n) is 6.35. The highest BCUT2D eigenvalue weighted by molar-refractivity contribution is 6.07. The van der Waals surface area contributed by atoms with Gasteiger partial charge in [-0.3, -0.25) is 9.69 Å². The molecule has 5 rings (SSSR count). The van der Waals surface area contributed by atoms with E-state index >= 15 is 0 Å². The van der Waals surface area contributed by atoms with E-state index in [9.17, 15) is 4.79 Å². The van der Waals surface area contributed by atoms with Gasteiger partial charge in [-0.15, -0.1) is 0 Å². The molecule has 2 N–H and O–H groups in total. The number of benzene rings is 2. The van der Waals surface area contributed by atoms with Crippen LogP contribution in [0.5, 0.6) is 11.5 Å². The van der Waals surface area contributed by atoms with E-state index in [1.54, 1.807) is 26.6 Å². The SMILES string of the molecule is COc1ccc(C[C@]2(C)C[C@@]3(N=C(N)N(C)C3=O)c3cc(-c4cncnc4)ccc3O2)cc1. The minimum absolute atomic E-state index is 0.160. The number of likely N-dealkylation sites (N-methyl/N-ethyl adjacent to an activating group) is 1. The number of hydrogen-bond donors (Lipinski definition) is 1. The van der Waals surface area contributed by atoms with Crippen LogP contribution in [0.15, 0.2) is 66.2 Å². The molecule has 33 heavy (non-hydrogen) atoms. The predicted molar refractivity (Wildman–Crippen MR) is 124 cm³/mol. The van der Waals surface area contributed by atoms with Gasteiger partial charge in [0.2, 0.25) is 0 Å². The van der Waals surface area contributed by atoms with Crippen molar-refractivity contribution in [1.82, 2.24) is 14.9 Å². The van der Waals surface area contributed by atoms with E-state index in [-0.39, 0.29) is 11.9 Å². The first-order valence-electron chi connectivity index (χ1n) is 10.7. The zero-order valence-corrected chi connectivity index (χ0v) is 18.8. The first-order valence-corrected chi connectivity index (χ1v) is 10.7. The second-order valence-corrected chi connectivity index (χ2v) is 8.79. The van der Waals surface area contributed by atoms with Gasteiger partial charge in [0.05, 0.1) is 7.11 Å². The summed E-state index contributed by atoms with van der Waals surface area (Å²) in [6.45, 7) is 2.01. The Bertz CT molecular complexity index is 1240. The van der Waals surface area contributed by atoms with Crippen molar-refractivity contribution in [3.63, 3.8) is 0 Å². The van der Waals surface area contributed by atoms with Crippen molar-refractivity contribution in [2.75, 3.05) is 14.2 Å².